The molecule has 1 aliphatic heterocycles. The predicted molar refractivity (Wildman–Crippen MR) is 114 cm³/mol. The maximum atomic E-state index is 4.77. The summed E-state index contributed by atoms with van der Waals surface area (Å²) in [5, 5.41) is 9.01. The lowest BCUT2D eigenvalue weighted by atomic mass is 10.1. The van der Waals surface area contributed by atoms with E-state index in [-0.39, 0.29) is 0 Å². The average molecular weight is 380 g/mol. The summed E-state index contributed by atoms with van der Waals surface area (Å²) in [4.78, 5) is 11.2. The van der Waals surface area contributed by atoms with Crippen LogP contribution in [0.4, 0.5) is 0 Å². The molecule has 5 nitrogen and oxygen atoms in total. The summed E-state index contributed by atoms with van der Waals surface area (Å²) in [6.45, 7) is 13.3. The molecular weight excluding hydrogens is 342 g/mol. The molecule has 1 aromatic rings. The van der Waals surface area contributed by atoms with E-state index in [0.717, 1.165) is 32.0 Å². The highest BCUT2D eigenvalue weighted by Crippen LogP contribution is 2.14. The van der Waals surface area contributed by atoms with E-state index in [1.165, 1.54) is 50.4 Å². The Bertz CT molecular complexity index is 494. The van der Waals surface area contributed by atoms with Gasteiger partial charge in [-0.05, 0) is 57.1 Å². The van der Waals surface area contributed by atoms with Crippen molar-refractivity contribution in [2.45, 2.75) is 33.1 Å². The van der Waals surface area contributed by atoms with E-state index in [2.05, 4.69) is 58.8 Å². The van der Waals surface area contributed by atoms with E-state index in [1.54, 1.807) is 0 Å². The zero-order valence-corrected chi connectivity index (χ0v) is 17.7. The van der Waals surface area contributed by atoms with E-state index in [9.17, 15) is 0 Å². The molecule has 26 heavy (non-hydrogen) atoms. The second-order valence-electron chi connectivity index (χ2n) is 7.39. The lowest BCUT2D eigenvalue weighted by molar-refractivity contribution is 0.152. The molecule has 1 fully saturated rings. The van der Waals surface area contributed by atoms with Crippen molar-refractivity contribution in [1.82, 2.24) is 20.4 Å². The van der Waals surface area contributed by atoms with Gasteiger partial charge in [-0.25, -0.2) is 0 Å². The summed E-state index contributed by atoms with van der Waals surface area (Å²) in [6, 6.07) is 4.35. The van der Waals surface area contributed by atoms with Crippen molar-refractivity contribution in [3.63, 3.8) is 0 Å². The van der Waals surface area contributed by atoms with Crippen molar-refractivity contribution in [2.75, 3.05) is 59.4 Å². The third-order valence-corrected chi connectivity index (χ3v) is 5.72. The largest absolute Gasteiger partial charge is 0.357 e. The molecule has 2 rings (SSSR count). The first kappa shape index (κ1) is 21.2. The summed E-state index contributed by atoms with van der Waals surface area (Å²) in [7, 11) is 2.21. The summed E-state index contributed by atoms with van der Waals surface area (Å²) < 4.78 is 0. The third kappa shape index (κ3) is 8.52. The Morgan fingerprint density at radius 2 is 2.04 bits per heavy atom. The zero-order valence-electron chi connectivity index (χ0n) is 16.8. The van der Waals surface area contributed by atoms with E-state index >= 15 is 0 Å². The van der Waals surface area contributed by atoms with Crippen LogP contribution in [0.5, 0.6) is 0 Å². The van der Waals surface area contributed by atoms with Gasteiger partial charge in [0, 0.05) is 50.7 Å². The lowest BCUT2D eigenvalue weighted by Gasteiger charge is -2.32. The van der Waals surface area contributed by atoms with Gasteiger partial charge in [0.2, 0.25) is 0 Å². The number of aliphatic imine (C=N–C) groups is 1. The Balaban J connectivity index is 1.60. The van der Waals surface area contributed by atoms with Gasteiger partial charge >= 0.3 is 0 Å². The Morgan fingerprint density at radius 3 is 2.73 bits per heavy atom. The fraction of sp³-hybridized carbons (Fsp3) is 0.750. The van der Waals surface area contributed by atoms with E-state index in [1.807, 2.05) is 11.3 Å². The smallest absolute Gasteiger partial charge is 0.191 e. The Hall–Kier alpha value is -1.11. The van der Waals surface area contributed by atoms with Crippen LogP contribution in [0.3, 0.4) is 0 Å². The highest BCUT2D eigenvalue weighted by atomic mass is 32.1. The first-order valence-corrected chi connectivity index (χ1v) is 11.0. The summed E-state index contributed by atoms with van der Waals surface area (Å²) >= 11 is 1.84. The molecule has 6 heteroatoms. The molecule has 2 N–H and O–H groups in total. The predicted octanol–water partition coefficient (Wildman–Crippen LogP) is 2.51. The van der Waals surface area contributed by atoms with Crippen LogP contribution in [0, 0.1) is 5.92 Å². The van der Waals surface area contributed by atoms with Crippen LogP contribution in [0.1, 0.15) is 31.6 Å². The molecule has 0 saturated carbocycles. The molecule has 0 radical (unpaired) electrons. The lowest BCUT2D eigenvalue weighted by Crippen LogP contribution is -2.44. The average Bonchev–Trinajstić information content (AvgIpc) is 3.14. The minimum absolute atomic E-state index is 0.571. The van der Waals surface area contributed by atoms with Gasteiger partial charge in [-0.2, -0.15) is 0 Å². The number of nitrogens with zero attached hydrogens (tertiary/aromatic N) is 3. The van der Waals surface area contributed by atoms with Gasteiger partial charge in [-0.15, -0.1) is 11.3 Å². The molecule has 1 unspecified atom stereocenters. The number of hydrogen-bond acceptors (Lipinski definition) is 4. The Labute approximate surface area is 163 Å². The molecule has 0 aliphatic carbocycles. The van der Waals surface area contributed by atoms with Crippen LogP contribution in [0.2, 0.25) is 0 Å². The topological polar surface area (TPSA) is 42.9 Å². The molecule has 1 aromatic heterocycles. The Kier molecular flexibility index (Phi) is 10.0. The van der Waals surface area contributed by atoms with Gasteiger partial charge in [0.25, 0.3) is 0 Å². The minimum atomic E-state index is 0.571. The molecule has 1 saturated heterocycles. The van der Waals surface area contributed by atoms with Crippen molar-refractivity contribution in [2.24, 2.45) is 10.9 Å². The van der Waals surface area contributed by atoms with Gasteiger partial charge in [0.05, 0.1) is 0 Å². The molecule has 0 spiro atoms. The molecule has 0 aromatic carbocycles. The van der Waals surface area contributed by atoms with Crippen molar-refractivity contribution in [3.05, 3.63) is 22.4 Å². The summed E-state index contributed by atoms with van der Waals surface area (Å²) in [5.74, 6) is 1.53. The number of likely N-dealkylation sites (N-methyl/N-ethyl adjacent to an activating group) is 1. The molecule has 0 bridgehead atoms. The number of unbranched alkanes of at least 4 members (excludes halogenated alkanes) is 1. The van der Waals surface area contributed by atoms with Crippen LogP contribution >= 0.6 is 11.3 Å². The number of rotatable bonds is 10. The molecule has 148 valence electrons. The SMILES string of the molecule is CCNC(=NCC(C)Cc1cccs1)NCCCCN1CCN(C)CC1. The van der Waals surface area contributed by atoms with Gasteiger partial charge in [-0.1, -0.05) is 13.0 Å². The van der Waals surface area contributed by atoms with Crippen molar-refractivity contribution in [3.8, 4) is 0 Å². The zero-order chi connectivity index (χ0) is 18.6. The van der Waals surface area contributed by atoms with Crippen LogP contribution in [0.15, 0.2) is 22.5 Å². The number of piperazine rings is 1. The van der Waals surface area contributed by atoms with Crippen LogP contribution < -0.4 is 10.6 Å². The number of nitrogens with one attached hydrogen (secondary N) is 2. The minimum Gasteiger partial charge on any atom is -0.357 e. The van der Waals surface area contributed by atoms with Gasteiger partial charge in [0.1, 0.15) is 0 Å². The summed E-state index contributed by atoms with van der Waals surface area (Å²) in [6.07, 6.45) is 3.57. The van der Waals surface area contributed by atoms with Crippen molar-refractivity contribution >= 4 is 17.3 Å². The van der Waals surface area contributed by atoms with Crippen LogP contribution in [-0.2, 0) is 6.42 Å². The standard InChI is InChI=1S/C20H37N5S/c1-4-21-20(23-17-18(2)16-19-8-7-15-26-19)22-9-5-6-10-25-13-11-24(3)12-14-25/h7-8,15,18H,4-6,9-14,16-17H2,1-3H3,(H2,21,22,23). The third-order valence-electron chi connectivity index (χ3n) is 4.82. The van der Waals surface area contributed by atoms with E-state index in [4.69, 9.17) is 4.99 Å². The first-order chi connectivity index (χ1) is 12.7. The normalized spacial score (nSPS) is 18.0. The van der Waals surface area contributed by atoms with Gasteiger partial charge in [0.15, 0.2) is 5.96 Å². The fourth-order valence-corrected chi connectivity index (χ4v) is 4.03. The summed E-state index contributed by atoms with van der Waals surface area (Å²) in [5.41, 5.74) is 0. The van der Waals surface area contributed by atoms with Crippen LogP contribution in [0.25, 0.3) is 0 Å². The number of guanidine groups is 1. The second-order valence-corrected chi connectivity index (χ2v) is 8.42. The second kappa shape index (κ2) is 12.3. The fourth-order valence-electron chi connectivity index (χ4n) is 3.16. The molecule has 2 heterocycles. The van der Waals surface area contributed by atoms with Crippen molar-refractivity contribution < 1.29 is 0 Å². The number of thiophene rings is 1. The maximum Gasteiger partial charge on any atom is 0.191 e. The highest BCUT2D eigenvalue weighted by Gasteiger charge is 2.12. The van der Waals surface area contributed by atoms with E-state index < -0.39 is 0 Å². The quantitative estimate of drug-likeness (QED) is 0.372. The maximum absolute atomic E-state index is 4.77. The first-order valence-electron chi connectivity index (χ1n) is 10.1. The highest BCUT2D eigenvalue weighted by molar-refractivity contribution is 7.09. The van der Waals surface area contributed by atoms with Crippen LogP contribution in [-0.4, -0.2) is 75.2 Å². The molecule has 1 aliphatic rings. The van der Waals surface area contributed by atoms with Gasteiger partial charge in [-0.3, -0.25) is 4.99 Å². The van der Waals surface area contributed by atoms with Crippen molar-refractivity contribution in [1.29, 1.82) is 0 Å². The molecule has 0 amide bonds. The van der Waals surface area contributed by atoms with Gasteiger partial charge < -0.3 is 20.4 Å². The Morgan fingerprint density at radius 1 is 1.23 bits per heavy atom. The molecular formula is C20H37N5S. The monoisotopic (exact) mass is 379 g/mol. The number of hydrogen-bond donors (Lipinski definition) is 2. The molecule has 1 atom stereocenters. The van der Waals surface area contributed by atoms with E-state index in [0.29, 0.717) is 5.92 Å².